The molecule has 0 saturated heterocycles. The predicted molar refractivity (Wildman–Crippen MR) is 118 cm³/mol. The first-order valence-electron chi connectivity index (χ1n) is 9.94. The van der Waals surface area contributed by atoms with E-state index < -0.39 is 0 Å². The van der Waals surface area contributed by atoms with Crippen LogP contribution in [-0.4, -0.2) is 35.4 Å². The molecule has 0 radical (unpaired) electrons. The second-order valence-electron chi connectivity index (χ2n) is 7.07. The van der Waals surface area contributed by atoms with Crippen LogP contribution in [0.5, 0.6) is 11.5 Å². The highest BCUT2D eigenvalue weighted by Crippen LogP contribution is 2.29. The third-order valence-electron chi connectivity index (χ3n) is 4.40. The van der Waals surface area contributed by atoms with Gasteiger partial charge in [0.05, 0.1) is 18.9 Å². The average molecular weight is 405 g/mol. The van der Waals surface area contributed by atoms with Crippen molar-refractivity contribution in [2.24, 2.45) is 0 Å². The molecular formula is C24H27N3O3. The van der Waals surface area contributed by atoms with Crippen LogP contribution in [0, 0.1) is 0 Å². The van der Waals surface area contributed by atoms with E-state index >= 15 is 0 Å². The lowest BCUT2D eigenvalue weighted by Gasteiger charge is -2.13. The Balaban J connectivity index is 1.49. The normalized spacial score (nSPS) is 11.1. The smallest absolute Gasteiger partial charge is 0.244 e. The number of nitrogens with one attached hydrogen (secondary N) is 1. The highest BCUT2D eigenvalue weighted by molar-refractivity contribution is 5.91. The van der Waals surface area contributed by atoms with Crippen LogP contribution in [0.1, 0.15) is 25.0 Å². The molecule has 3 rings (SSSR count). The molecule has 0 atom stereocenters. The van der Waals surface area contributed by atoms with Crippen molar-refractivity contribution in [3.63, 3.8) is 0 Å². The zero-order valence-electron chi connectivity index (χ0n) is 17.5. The molecule has 3 aromatic rings. The maximum absolute atomic E-state index is 12.1. The van der Waals surface area contributed by atoms with Crippen molar-refractivity contribution in [1.29, 1.82) is 0 Å². The fourth-order valence-electron chi connectivity index (χ4n) is 2.94. The lowest BCUT2D eigenvalue weighted by atomic mass is 10.1. The molecule has 6 heteroatoms. The summed E-state index contributed by atoms with van der Waals surface area (Å²) >= 11 is 0. The summed E-state index contributed by atoms with van der Waals surface area (Å²) in [4.78, 5) is 12.1. The monoisotopic (exact) mass is 405 g/mol. The van der Waals surface area contributed by atoms with E-state index in [1.807, 2.05) is 73.3 Å². The third kappa shape index (κ3) is 5.98. The maximum atomic E-state index is 12.1. The zero-order chi connectivity index (χ0) is 21.3. The highest BCUT2D eigenvalue weighted by atomic mass is 16.5. The van der Waals surface area contributed by atoms with Crippen LogP contribution < -0.4 is 14.8 Å². The van der Waals surface area contributed by atoms with E-state index in [-0.39, 0.29) is 12.0 Å². The minimum atomic E-state index is -0.135. The van der Waals surface area contributed by atoms with Crippen LogP contribution in [0.25, 0.3) is 11.8 Å². The van der Waals surface area contributed by atoms with Gasteiger partial charge in [0, 0.05) is 25.0 Å². The van der Waals surface area contributed by atoms with E-state index in [2.05, 4.69) is 10.4 Å². The molecule has 156 valence electrons. The van der Waals surface area contributed by atoms with Crippen LogP contribution in [0.2, 0.25) is 0 Å². The number of benzene rings is 2. The molecule has 0 spiro atoms. The molecule has 0 unspecified atom stereocenters. The second-order valence-corrected chi connectivity index (χ2v) is 7.07. The first-order valence-corrected chi connectivity index (χ1v) is 9.94. The number of carbonyl (C=O) groups excluding carboxylic acids is 1. The summed E-state index contributed by atoms with van der Waals surface area (Å²) in [6.07, 6.45) is 7.76. The third-order valence-corrected chi connectivity index (χ3v) is 4.40. The van der Waals surface area contributed by atoms with Gasteiger partial charge in [0.25, 0.3) is 0 Å². The topological polar surface area (TPSA) is 65.4 Å². The van der Waals surface area contributed by atoms with Gasteiger partial charge in [-0.05, 0) is 67.8 Å². The second kappa shape index (κ2) is 10.3. The molecule has 0 aliphatic heterocycles. The van der Waals surface area contributed by atoms with Gasteiger partial charge in [0.15, 0.2) is 11.5 Å². The summed E-state index contributed by atoms with van der Waals surface area (Å²) in [5.41, 5.74) is 3.03. The molecule has 1 N–H and O–H groups in total. The van der Waals surface area contributed by atoms with E-state index in [4.69, 9.17) is 9.47 Å². The fourth-order valence-corrected chi connectivity index (χ4v) is 2.94. The Morgan fingerprint density at radius 3 is 2.63 bits per heavy atom. The molecule has 30 heavy (non-hydrogen) atoms. The molecule has 1 heterocycles. The number of methoxy groups -OCH3 is 1. The summed E-state index contributed by atoms with van der Waals surface area (Å²) < 4.78 is 12.9. The van der Waals surface area contributed by atoms with Crippen molar-refractivity contribution in [1.82, 2.24) is 15.1 Å². The Hall–Kier alpha value is -3.54. The minimum absolute atomic E-state index is 0.0628. The summed E-state index contributed by atoms with van der Waals surface area (Å²) in [6.45, 7) is 4.49. The molecule has 0 fully saturated rings. The first kappa shape index (κ1) is 21.2. The molecule has 1 aromatic heterocycles. The molecule has 1 amide bonds. The predicted octanol–water partition coefficient (Wildman–Crippen LogP) is 4.04. The van der Waals surface area contributed by atoms with Gasteiger partial charge >= 0.3 is 0 Å². The Bertz CT molecular complexity index is 977. The van der Waals surface area contributed by atoms with E-state index in [9.17, 15) is 4.79 Å². The van der Waals surface area contributed by atoms with Crippen molar-refractivity contribution in [3.05, 3.63) is 78.1 Å². The van der Waals surface area contributed by atoms with Gasteiger partial charge in [-0.3, -0.25) is 4.79 Å². The molecule has 0 aliphatic carbocycles. The van der Waals surface area contributed by atoms with Crippen LogP contribution in [0.4, 0.5) is 0 Å². The number of hydrogen-bond donors (Lipinski definition) is 1. The number of nitrogens with zero attached hydrogens (tertiary/aromatic N) is 2. The van der Waals surface area contributed by atoms with Crippen molar-refractivity contribution < 1.29 is 14.3 Å². The van der Waals surface area contributed by atoms with Gasteiger partial charge in [0.2, 0.25) is 5.91 Å². The molecular weight excluding hydrogens is 378 g/mol. The number of carbonyl (C=O) groups is 1. The SMILES string of the molecule is COc1cc(/C=C/C(=O)NCCc2ccc(-n3cccn3)cc2)ccc1OC(C)C. The van der Waals surface area contributed by atoms with E-state index in [1.165, 1.54) is 6.08 Å². The van der Waals surface area contributed by atoms with Crippen LogP contribution in [0.3, 0.4) is 0 Å². The van der Waals surface area contributed by atoms with Gasteiger partial charge in [-0.25, -0.2) is 4.68 Å². The van der Waals surface area contributed by atoms with Gasteiger partial charge in [-0.1, -0.05) is 18.2 Å². The summed E-state index contributed by atoms with van der Waals surface area (Å²) in [5.74, 6) is 1.20. The van der Waals surface area contributed by atoms with Gasteiger partial charge in [-0.15, -0.1) is 0 Å². The Morgan fingerprint density at radius 2 is 1.97 bits per heavy atom. The summed E-state index contributed by atoms with van der Waals surface area (Å²) in [5, 5.41) is 7.12. The Morgan fingerprint density at radius 1 is 1.17 bits per heavy atom. The summed E-state index contributed by atoms with van der Waals surface area (Å²) in [7, 11) is 1.60. The van der Waals surface area contributed by atoms with Crippen LogP contribution in [-0.2, 0) is 11.2 Å². The van der Waals surface area contributed by atoms with Crippen molar-refractivity contribution in [2.45, 2.75) is 26.4 Å². The maximum Gasteiger partial charge on any atom is 0.244 e. The van der Waals surface area contributed by atoms with Crippen molar-refractivity contribution >= 4 is 12.0 Å². The average Bonchev–Trinajstić information content (AvgIpc) is 3.28. The van der Waals surface area contributed by atoms with E-state index in [0.29, 0.717) is 18.0 Å². The number of hydrogen-bond acceptors (Lipinski definition) is 4. The molecule has 0 saturated carbocycles. The molecule has 0 aliphatic rings. The van der Waals surface area contributed by atoms with Crippen LogP contribution in [0.15, 0.2) is 67.0 Å². The molecule has 6 nitrogen and oxygen atoms in total. The van der Waals surface area contributed by atoms with Gasteiger partial charge in [0.1, 0.15) is 0 Å². The van der Waals surface area contributed by atoms with Crippen LogP contribution >= 0.6 is 0 Å². The number of amides is 1. The molecule has 0 bridgehead atoms. The Kier molecular flexibility index (Phi) is 7.27. The lowest BCUT2D eigenvalue weighted by molar-refractivity contribution is -0.116. The first-order chi connectivity index (χ1) is 14.5. The largest absolute Gasteiger partial charge is 0.493 e. The van der Waals surface area contributed by atoms with Crippen molar-refractivity contribution in [2.75, 3.05) is 13.7 Å². The molecule has 2 aromatic carbocycles. The lowest BCUT2D eigenvalue weighted by Crippen LogP contribution is -2.23. The zero-order valence-corrected chi connectivity index (χ0v) is 17.5. The number of rotatable bonds is 9. The van der Waals surface area contributed by atoms with Crippen molar-refractivity contribution in [3.8, 4) is 17.2 Å². The standard InChI is InChI=1S/C24H27N3O3/c1-18(2)30-22-11-7-20(17-23(22)29-3)8-12-24(28)25-15-13-19-5-9-21(10-6-19)27-16-4-14-26-27/h4-12,14,16-18H,13,15H2,1-3H3,(H,25,28)/b12-8+. The highest BCUT2D eigenvalue weighted by Gasteiger charge is 2.07. The number of ether oxygens (including phenoxy) is 2. The minimum Gasteiger partial charge on any atom is -0.493 e. The Labute approximate surface area is 177 Å². The van der Waals surface area contributed by atoms with Gasteiger partial charge in [-0.2, -0.15) is 5.10 Å². The van der Waals surface area contributed by atoms with E-state index in [0.717, 1.165) is 23.2 Å². The summed E-state index contributed by atoms with van der Waals surface area (Å²) in [6, 6.07) is 15.6. The number of aromatic nitrogens is 2. The fraction of sp³-hybridized carbons (Fsp3) is 0.250. The van der Waals surface area contributed by atoms with E-state index in [1.54, 1.807) is 19.4 Å². The van der Waals surface area contributed by atoms with Gasteiger partial charge < -0.3 is 14.8 Å². The quantitative estimate of drug-likeness (QED) is 0.546.